The summed E-state index contributed by atoms with van der Waals surface area (Å²) < 4.78 is 0. The van der Waals surface area contributed by atoms with Gasteiger partial charge in [-0.1, -0.05) is 54.9 Å². The third-order valence-electron chi connectivity index (χ3n) is 3.02. The fourth-order valence-electron chi connectivity index (χ4n) is 2.02. The van der Waals surface area contributed by atoms with Gasteiger partial charge in [0.25, 0.3) is 0 Å². The molecule has 0 bridgehead atoms. The van der Waals surface area contributed by atoms with Crippen molar-refractivity contribution < 1.29 is 0 Å². The standard InChI is InChI=1S/C13H17Br/c1-13(2,3)10-6-4-9-5-7-12(14)11(9)8-10/h4,6,8,12H,5,7H2,1-3H3. The Bertz CT molecular complexity index is 347. The zero-order valence-electron chi connectivity index (χ0n) is 9.10. The number of rotatable bonds is 0. The highest BCUT2D eigenvalue weighted by atomic mass is 79.9. The summed E-state index contributed by atoms with van der Waals surface area (Å²) in [5.74, 6) is 0. The summed E-state index contributed by atoms with van der Waals surface area (Å²) in [5, 5.41) is 0. The highest BCUT2D eigenvalue weighted by molar-refractivity contribution is 9.09. The Balaban J connectivity index is 2.45. The zero-order chi connectivity index (χ0) is 10.3. The molecule has 0 aromatic heterocycles. The summed E-state index contributed by atoms with van der Waals surface area (Å²) >= 11 is 3.74. The van der Waals surface area contributed by atoms with Crippen LogP contribution in [0.5, 0.6) is 0 Å². The van der Waals surface area contributed by atoms with E-state index in [1.165, 1.54) is 29.5 Å². The third kappa shape index (κ3) is 1.75. The first-order valence-corrected chi connectivity index (χ1v) is 6.17. The second-order valence-corrected chi connectivity index (χ2v) is 6.28. The van der Waals surface area contributed by atoms with Crippen molar-refractivity contribution in [2.24, 2.45) is 0 Å². The number of aryl methyl sites for hydroxylation is 1. The smallest absolute Gasteiger partial charge is 0.0401 e. The lowest BCUT2D eigenvalue weighted by atomic mass is 9.85. The minimum atomic E-state index is 0.268. The summed E-state index contributed by atoms with van der Waals surface area (Å²) in [6, 6.07) is 6.96. The van der Waals surface area contributed by atoms with Crippen LogP contribution in [-0.4, -0.2) is 0 Å². The Hall–Kier alpha value is -0.300. The number of hydrogen-bond donors (Lipinski definition) is 0. The van der Waals surface area contributed by atoms with Crippen molar-refractivity contribution >= 4 is 15.9 Å². The summed E-state index contributed by atoms with van der Waals surface area (Å²) in [6.07, 6.45) is 2.48. The highest BCUT2D eigenvalue weighted by Crippen LogP contribution is 2.39. The van der Waals surface area contributed by atoms with E-state index in [-0.39, 0.29) is 5.41 Å². The summed E-state index contributed by atoms with van der Waals surface area (Å²) in [7, 11) is 0. The molecule has 0 heterocycles. The van der Waals surface area contributed by atoms with Gasteiger partial charge in [-0.3, -0.25) is 0 Å². The number of benzene rings is 1. The monoisotopic (exact) mass is 252 g/mol. The first-order valence-electron chi connectivity index (χ1n) is 5.26. The van der Waals surface area contributed by atoms with E-state index in [2.05, 4.69) is 54.9 Å². The van der Waals surface area contributed by atoms with Crippen LogP contribution in [0, 0.1) is 0 Å². The van der Waals surface area contributed by atoms with E-state index >= 15 is 0 Å². The molecule has 0 saturated carbocycles. The van der Waals surface area contributed by atoms with E-state index in [9.17, 15) is 0 Å². The van der Waals surface area contributed by atoms with Crippen molar-refractivity contribution in [2.45, 2.75) is 43.9 Å². The Morgan fingerprint density at radius 2 is 2.00 bits per heavy atom. The van der Waals surface area contributed by atoms with Crippen molar-refractivity contribution in [2.75, 3.05) is 0 Å². The minimum Gasteiger partial charge on any atom is -0.0839 e. The van der Waals surface area contributed by atoms with Crippen LogP contribution in [0.4, 0.5) is 0 Å². The van der Waals surface area contributed by atoms with Gasteiger partial charge in [0.05, 0.1) is 0 Å². The van der Waals surface area contributed by atoms with Crippen LogP contribution in [0.1, 0.15) is 48.7 Å². The van der Waals surface area contributed by atoms with Crippen LogP contribution in [-0.2, 0) is 11.8 Å². The number of alkyl halides is 1. The van der Waals surface area contributed by atoms with Gasteiger partial charge in [0.15, 0.2) is 0 Å². The van der Waals surface area contributed by atoms with Crippen LogP contribution < -0.4 is 0 Å². The van der Waals surface area contributed by atoms with Crippen LogP contribution in [0.2, 0.25) is 0 Å². The molecule has 1 aromatic carbocycles. The van der Waals surface area contributed by atoms with E-state index in [1.807, 2.05) is 0 Å². The topological polar surface area (TPSA) is 0 Å². The first-order chi connectivity index (χ1) is 6.48. The maximum atomic E-state index is 3.74. The number of fused-ring (bicyclic) bond motifs is 1. The molecule has 1 aromatic rings. The van der Waals surface area contributed by atoms with Gasteiger partial charge in [-0.05, 0) is 34.9 Å². The largest absolute Gasteiger partial charge is 0.0839 e. The van der Waals surface area contributed by atoms with Crippen LogP contribution in [0.3, 0.4) is 0 Å². The predicted molar refractivity (Wildman–Crippen MR) is 65.1 cm³/mol. The lowest BCUT2D eigenvalue weighted by Crippen LogP contribution is -2.11. The fraction of sp³-hybridized carbons (Fsp3) is 0.538. The van der Waals surface area contributed by atoms with Gasteiger partial charge in [-0.15, -0.1) is 0 Å². The van der Waals surface area contributed by atoms with Crippen molar-refractivity contribution in [1.82, 2.24) is 0 Å². The van der Waals surface area contributed by atoms with Crippen LogP contribution in [0.15, 0.2) is 18.2 Å². The van der Waals surface area contributed by atoms with Crippen LogP contribution >= 0.6 is 15.9 Å². The SMILES string of the molecule is CC(C)(C)c1ccc2c(c1)C(Br)CC2. The molecule has 1 atom stereocenters. The first kappa shape index (κ1) is 10.2. The molecule has 0 fully saturated rings. The van der Waals surface area contributed by atoms with E-state index in [4.69, 9.17) is 0 Å². The molecule has 0 spiro atoms. The number of hydrogen-bond acceptors (Lipinski definition) is 0. The molecule has 1 unspecified atom stereocenters. The van der Waals surface area contributed by atoms with Gasteiger partial charge in [0.1, 0.15) is 0 Å². The molecule has 0 nitrogen and oxygen atoms in total. The lowest BCUT2D eigenvalue weighted by Gasteiger charge is -2.20. The fourth-order valence-corrected chi connectivity index (χ4v) is 2.67. The summed E-state index contributed by atoms with van der Waals surface area (Å²) in [5.41, 5.74) is 4.75. The molecular weight excluding hydrogens is 236 g/mol. The van der Waals surface area contributed by atoms with Crippen molar-refractivity contribution in [3.63, 3.8) is 0 Å². The van der Waals surface area contributed by atoms with E-state index < -0.39 is 0 Å². The van der Waals surface area contributed by atoms with Gasteiger partial charge in [0, 0.05) is 4.83 Å². The second-order valence-electron chi connectivity index (χ2n) is 5.17. The quantitative estimate of drug-likeness (QED) is 0.602. The Morgan fingerprint density at radius 1 is 1.29 bits per heavy atom. The average Bonchev–Trinajstić information content (AvgIpc) is 2.46. The molecule has 0 amide bonds. The Kier molecular flexibility index (Phi) is 2.46. The molecular formula is C13H17Br. The molecule has 76 valence electrons. The van der Waals surface area contributed by atoms with Gasteiger partial charge in [0.2, 0.25) is 0 Å². The molecule has 14 heavy (non-hydrogen) atoms. The highest BCUT2D eigenvalue weighted by Gasteiger charge is 2.22. The lowest BCUT2D eigenvalue weighted by molar-refractivity contribution is 0.589. The average molecular weight is 253 g/mol. The molecule has 1 aliphatic carbocycles. The van der Waals surface area contributed by atoms with Gasteiger partial charge < -0.3 is 0 Å². The maximum absolute atomic E-state index is 3.74. The molecule has 0 aliphatic heterocycles. The maximum Gasteiger partial charge on any atom is 0.0401 e. The Labute approximate surface area is 94.8 Å². The van der Waals surface area contributed by atoms with E-state index in [0.717, 1.165) is 0 Å². The normalized spacial score (nSPS) is 21.0. The van der Waals surface area contributed by atoms with Gasteiger partial charge >= 0.3 is 0 Å². The van der Waals surface area contributed by atoms with Gasteiger partial charge in [-0.2, -0.15) is 0 Å². The van der Waals surface area contributed by atoms with Crippen LogP contribution in [0.25, 0.3) is 0 Å². The predicted octanol–water partition coefficient (Wildman–Crippen LogP) is 4.37. The molecule has 1 heteroatoms. The second kappa shape index (κ2) is 3.37. The molecule has 0 radical (unpaired) electrons. The molecule has 1 aliphatic rings. The third-order valence-corrected chi connectivity index (χ3v) is 3.97. The van der Waals surface area contributed by atoms with E-state index in [1.54, 1.807) is 0 Å². The van der Waals surface area contributed by atoms with Crippen molar-refractivity contribution in [1.29, 1.82) is 0 Å². The summed E-state index contributed by atoms with van der Waals surface area (Å²) in [4.78, 5) is 0.583. The molecule has 0 saturated heterocycles. The van der Waals surface area contributed by atoms with E-state index in [0.29, 0.717) is 4.83 Å². The minimum absolute atomic E-state index is 0.268. The number of halogens is 1. The zero-order valence-corrected chi connectivity index (χ0v) is 10.7. The van der Waals surface area contributed by atoms with Crippen molar-refractivity contribution in [3.05, 3.63) is 34.9 Å². The Morgan fingerprint density at radius 3 is 2.64 bits per heavy atom. The summed E-state index contributed by atoms with van der Waals surface area (Å²) in [6.45, 7) is 6.81. The van der Waals surface area contributed by atoms with Gasteiger partial charge in [-0.25, -0.2) is 0 Å². The van der Waals surface area contributed by atoms with Crippen molar-refractivity contribution in [3.8, 4) is 0 Å². The molecule has 0 N–H and O–H groups in total. The molecule has 2 rings (SSSR count).